The first-order chi connectivity index (χ1) is 9.25. The van der Waals surface area contributed by atoms with Gasteiger partial charge in [0.2, 0.25) is 5.13 Å². The Morgan fingerprint density at radius 2 is 2.16 bits per heavy atom. The summed E-state index contributed by atoms with van der Waals surface area (Å²) in [4.78, 5) is 15.2. The molecule has 6 nitrogen and oxygen atoms in total. The fraction of sp³-hybridized carbons (Fsp3) is 0.750. The summed E-state index contributed by atoms with van der Waals surface area (Å²) in [5, 5.41) is 17.5. The molecule has 106 valence electrons. The Morgan fingerprint density at radius 1 is 1.37 bits per heavy atom. The van der Waals surface area contributed by atoms with Crippen molar-refractivity contribution < 1.29 is 9.90 Å². The minimum Gasteiger partial charge on any atom is -0.481 e. The van der Waals surface area contributed by atoms with Gasteiger partial charge in [0.1, 0.15) is 5.51 Å². The van der Waals surface area contributed by atoms with Gasteiger partial charge in [-0.25, -0.2) is 0 Å². The molecule has 19 heavy (non-hydrogen) atoms. The lowest BCUT2D eigenvalue weighted by Gasteiger charge is -2.29. The molecule has 0 radical (unpaired) electrons. The van der Waals surface area contributed by atoms with Gasteiger partial charge in [-0.1, -0.05) is 17.8 Å². The molecule has 0 aromatic carbocycles. The maximum Gasteiger partial charge on any atom is 0.305 e. The number of aliphatic carboxylic acids is 1. The van der Waals surface area contributed by atoms with E-state index < -0.39 is 5.97 Å². The zero-order valence-corrected chi connectivity index (χ0v) is 11.8. The highest BCUT2D eigenvalue weighted by atomic mass is 32.1. The zero-order chi connectivity index (χ0) is 13.5. The van der Waals surface area contributed by atoms with Gasteiger partial charge in [0.15, 0.2) is 0 Å². The molecule has 0 unspecified atom stereocenters. The molecule has 1 saturated heterocycles. The predicted octanol–water partition coefficient (Wildman–Crippen LogP) is 1.31. The van der Waals surface area contributed by atoms with Crippen molar-refractivity contribution in [3.8, 4) is 0 Å². The molecule has 1 aromatic heterocycles. The van der Waals surface area contributed by atoms with Crippen molar-refractivity contribution in [1.29, 1.82) is 0 Å². The Kier molecular flexibility index (Phi) is 5.53. The number of likely N-dealkylation sites (tertiary alicyclic amines) is 1. The minimum atomic E-state index is -0.771. The monoisotopic (exact) mass is 284 g/mol. The average molecular weight is 284 g/mol. The molecule has 1 aliphatic heterocycles. The van der Waals surface area contributed by atoms with Gasteiger partial charge in [-0.3, -0.25) is 4.79 Å². The molecule has 0 atom stereocenters. The summed E-state index contributed by atoms with van der Waals surface area (Å²) in [6.07, 6.45) is 4.01. The molecule has 1 fully saturated rings. The number of rotatable bonds is 7. The third kappa shape index (κ3) is 4.76. The van der Waals surface area contributed by atoms with Crippen molar-refractivity contribution in [3.63, 3.8) is 0 Å². The topological polar surface area (TPSA) is 69.6 Å². The first kappa shape index (κ1) is 14.2. The van der Waals surface area contributed by atoms with Gasteiger partial charge in [0.25, 0.3) is 0 Å². The van der Waals surface area contributed by atoms with Gasteiger partial charge in [-0.2, -0.15) is 0 Å². The Hall–Kier alpha value is -1.21. The van der Waals surface area contributed by atoms with Crippen LogP contribution in [0.1, 0.15) is 25.7 Å². The van der Waals surface area contributed by atoms with Crippen LogP contribution in [0.3, 0.4) is 0 Å². The fourth-order valence-corrected chi connectivity index (χ4v) is 2.90. The third-order valence-corrected chi connectivity index (χ3v) is 4.10. The van der Waals surface area contributed by atoms with E-state index in [2.05, 4.69) is 15.1 Å². The van der Waals surface area contributed by atoms with Crippen LogP contribution < -0.4 is 4.90 Å². The summed E-state index contributed by atoms with van der Waals surface area (Å²) in [7, 11) is 0. The normalized spacial score (nSPS) is 16.4. The molecule has 0 amide bonds. The number of carboxylic acids is 1. The lowest BCUT2D eigenvalue weighted by atomic mass is 10.1. The Balaban J connectivity index is 1.84. The van der Waals surface area contributed by atoms with E-state index in [-0.39, 0.29) is 6.42 Å². The zero-order valence-electron chi connectivity index (χ0n) is 11.0. The maximum absolute atomic E-state index is 10.7. The van der Waals surface area contributed by atoms with Crippen LogP contribution in [0.2, 0.25) is 0 Å². The molecule has 1 aliphatic rings. The first-order valence-electron chi connectivity index (χ1n) is 6.71. The van der Waals surface area contributed by atoms with Crippen LogP contribution in [0.25, 0.3) is 0 Å². The second-order valence-corrected chi connectivity index (χ2v) is 5.57. The molecule has 1 aromatic rings. The lowest BCUT2D eigenvalue weighted by Crippen LogP contribution is -2.38. The number of nitrogens with zero attached hydrogens (tertiary/aromatic N) is 4. The van der Waals surface area contributed by atoms with E-state index in [1.54, 1.807) is 5.51 Å². The van der Waals surface area contributed by atoms with Crippen LogP contribution in [0, 0.1) is 0 Å². The van der Waals surface area contributed by atoms with Crippen molar-refractivity contribution in [1.82, 2.24) is 15.1 Å². The molecular formula is C12H20N4O2S. The smallest absolute Gasteiger partial charge is 0.305 e. The maximum atomic E-state index is 10.7. The van der Waals surface area contributed by atoms with Crippen LogP contribution >= 0.6 is 11.3 Å². The largest absolute Gasteiger partial charge is 0.481 e. The highest BCUT2D eigenvalue weighted by Crippen LogP contribution is 2.16. The molecule has 1 N–H and O–H groups in total. The average Bonchev–Trinajstić information content (AvgIpc) is 2.93. The number of anilines is 1. The second kappa shape index (κ2) is 7.40. The first-order valence-corrected chi connectivity index (χ1v) is 7.59. The second-order valence-electron chi connectivity index (χ2n) is 4.75. The Labute approximate surface area is 117 Å². The summed E-state index contributed by atoms with van der Waals surface area (Å²) in [5.41, 5.74) is 1.68. The minimum absolute atomic E-state index is 0.138. The van der Waals surface area contributed by atoms with Crippen LogP contribution in [0.4, 0.5) is 5.13 Å². The molecule has 0 aliphatic carbocycles. The number of carboxylic acid groups (broad SMARTS) is 1. The van der Waals surface area contributed by atoms with Gasteiger partial charge in [-0.05, 0) is 25.9 Å². The van der Waals surface area contributed by atoms with E-state index in [4.69, 9.17) is 5.11 Å². The Bertz CT molecular complexity index is 379. The molecule has 0 saturated carbocycles. The van der Waals surface area contributed by atoms with E-state index in [0.29, 0.717) is 6.54 Å². The van der Waals surface area contributed by atoms with Crippen molar-refractivity contribution in [2.45, 2.75) is 25.7 Å². The summed E-state index contributed by atoms with van der Waals surface area (Å²) < 4.78 is 0. The van der Waals surface area contributed by atoms with Crippen LogP contribution in [0.5, 0.6) is 0 Å². The molecule has 2 rings (SSSR count). The highest BCUT2D eigenvalue weighted by molar-refractivity contribution is 7.13. The van der Waals surface area contributed by atoms with Gasteiger partial charge < -0.3 is 14.9 Å². The van der Waals surface area contributed by atoms with Gasteiger partial charge in [-0.15, -0.1) is 10.2 Å². The molecule has 2 heterocycles. The van der Waals surface area contributed by atoms with Crippen molar-refractivity contribution >= 4 is 22.4 Å². The molecule has 0 spiro atoms. The number of piperidine rings is 1. The van der Waals surface area contributed by atoms with E-state index in [0.717, 1.165) is 31.3 Å². The molecule has 7 heteroatoms. The van der Waals surface area contributed by atoms with E-state index >= 15 is 0 Å². The molecular weight excluding hydrogens is 264 g/mol. The summed E-state index contributed by atoms with van der Waals surface area (Å²) in [6, 6.07) is 0. The van der Waals surface area contributed by atoms with Crippen molar-refractivity contribution in [2.24, 2.45) is 0 Å². The highest BCUT2D eigenvalue weighted by Gasteiger charge is 2.15. The van der Waals surface area contributed by atoms with Gasteiger partial charge in [0.05, 0.1) is 6.42 Å². The van der Waals surface area contributed by atoms with E-state index in [1.807, 2.05) is 4.90 Å². The lowest BCUT2D eigenvalue weighted by molar-refractivity contribution is -0.136. The fourth-order valence-electron chi connectivity index (χ4n) is 2.28. The standard InChI is InChI=1S/C12H20N4O2S/c17-11(18)4-7-16(12-14-13-10-19-12)9-8-15-5-2-1-3-6-15/h10H,1-9H2,(H,17,18). The SMILES string of the molecule is O=C(O)CCN(CCN1CCCCC1)c1nncs1. The quantitative estimate of drug-likeness (QED) is 0.814. The van der Waals surface area contributed by atoms with Crippen molar-refractivity contribution in [3.05, 3.63) is 5.51 Å². The number of carbonyl (C=O) groups is 1. The number of hydrogen-bond donors (Lipinski definition) is 1. The van der Waals surface area contributed by atoms with E-state index in [9.17, 15) is 4.79 Å². The summed E-state index contributed by atoms with van der Waals surface area (Å²) >= 11 is 1.46. The number of aromatic nitrogens is 2. The van der Waals surface area contributed by atoms with E-state index in [1.165, 1.54) is 30.6 Å². The number of hydrogen-bond acceptors (Lipinski definition) is 6. The predicted molar refractivity (Wildman–Crippen MR) is 74.7 cm³/mol. The van der Waals surface area contributed by atoms with Crippen molar-refractivity contribution in [2.75, 3.05) is 37.6 Å². The van der Waals surface area contributed by atoms with Crippen LogP contribution in [0.15, 0.2) is 5.51 Å². The van der Waals surface area contributed by atoms with Crippen LogP contribution in [-0.2, 0) is 4.79 Å². The van der Waals surface area contributed by atoms with Gasteiger partial charge in [0, 0.05) is 19.6 Å². The third-order valence-electron chi connectivity index (χ3n) is 3.35. The van der Waals surface area contributed by atoms with Gasteiger partial charge >= 0.3 is 5.97 Å². The Morgan fingerprint density at radius 3 is 2.79 bits per heavy atom. The molecule has 0 bridgehead atoms. The van der Waals surface area contributed by atoms with Crippen LogP contribution in [-0.4, -0.2) is 58.9 Å². The summed E-state index contributed by atoms with van der Waals surface area (Å²) in [5.74, 6) is -0.771. The summed E-state index contributed by atoms with van der Waals surface area (Å²) in [6.45, 7) is 4.60.